The molecule has 1 aliphatic heterocycles. The van der Waals surface area contributed by atoms with E-state index in [9.17, 15) is 9.59 Å². The Morgan fingerprint density at radius 1 is 1.38 bits per heavy atom. The first-order valence-electron chi connectivity index (χ1n) is 8.47. The van der Waals surface area contributed by atoms with Crippen LogP contribution in [0.2, 0.25) is 0 Å². The lowest BCUT2D eigenvalue weighted by Crippen LogP contribution is -2.44. The summed E-state index contributed by atoms with van der Waals surface area (Å²) in [5, 5.41) is 1.93. The topological polar surface area (TPSA) is 55.2 Å². The van der Waals surface area contributed by atoms with Crippen molar-refractivity contribution in [2.24, 2.45) is 0 Å². The Bertz CT molecular complexity index is 693. The molecule has 1 amide bonds. The summed E-state index contributed by atoms with van der Waals surface area (Å²) in [5.41, 5.74) is 0.953. The molecule has 0 spiro atoms. The van der Waals surface area contributed by atoms with E-state index < -0.39 is 0 Å². The maximum atomic E-state index is 12.7. The van der Waals surface area contributed by atoms with Gasteiger partial charge in [0, 0.05) is 31.5 Å². The van der Waals surface area contributed by atoms with Crippen LogP contribution in [0.3, 0.4) is 0 Å². The van der Waals surface area contributed by atoms with Gasteiger partial charge in [0.25, 0.3) is 0 Å². The van der Waals surface area contributed by atoms with Crippen LogP contribution in [0.25, 0.3) is 0 Å². The van der Waals surface area contributed by atoms with E-state index in [0.29, 0.717) is 12.5 Å². The average Bonchev–Trinajstić information content (AvgIpc) is 3.25. The maximum absolute atomic E-state index is 12.7. The summed E-state index contributed by atoms with van der Waals surface area (Å²) >= 11 is 1.43. The summed E-state index contributed by atoms with van der Waals surface area (Å²) in [6, 6.07) is 2.16. The van der Waals surface area contributed by atoms with Gasteiger partial charge in [0.05, 0.1) is 17.6 Å². The van der Waals surface area contributed by atoms with Crippen LogP contribution in [0, 0.1) is 0 Å². The number of imidazole rings is 1. The van der Waals surface area contributed by atoms with E-state index in [1.807, 2.05) is 28.9 Å². The number of nitrogens with zero attached hydrogens (tertiary/aromatic N) is 3. The van der Waals surface area contributed by atoms with Crippen LogP contribution < -0.4 is 0 Å². The molecule has 2 aromatic heterocycles. The molecule has 24 heavy (non-hydrogen) atoms. The van der Waals surface area contributed by atoms with Crippen LogP contribution in [0.4, 0.5) is 0 Å². The molecule has 0 radical (unpaired) electrons. The van der Waals surface area contributed by atoms with Gasteiger partial charge in [0.15, 0.2) is 5.78 Å². The van der Waals surface area contributed by atoms with Crippen molar-refractivity contribution in [2.75, 3.05) is 6.54 Å². The molecule has 0 N–H and O–H groups in total. The summed E-state index contributed by atoms with van der Waals surface area (Å²) in [4.78, 5) is 31.0. The predicted molar refractivity (Wildman–Crippen MR) is 94.2 cm³/mol. The molecule has 0 saturated carbocycles. The molecule has 1 saturated heterocycles. The molecular weight excluding hydrogens is 322 g/mol. The van der Waals surface area contributed by atoms with E-state index in [4.69, 9.17) is 0 Å². The lowest BCUT2D eigenvalue weighted by atomic mass is 9.98. The van der Waals surface area contributed by atoms with E-state index in [-0.39, 0.29) is 11.7 Å². The number of thiophene rings is 1. The number of Topliss-reactive ketones (excluding diaryl/α,β-unsaturated/α-hetero) is 1. The van der Waals surface area contributed by atoms with Crippen molar-refractivity contribution in [1.29, 1.82) is 0 Å². The highest BCUT2D eigenvalue weighted by Crippen LogP contribution is 2.23. The molecule has 3 heterocycles. The predicted octanol–water partition coefficient (Wildman–Crippen LogP) is 3.16. The number of aromatic nitrogens is 2. The molecule has 128 valence electrons. The molecule has 0 aliphatic carbocycles. The Balaban J connectivity index is 1.60. The first-order chi connectivity index (χ1) is 11.6. The third-order valence-electron chi connectivity index (χ3n) is 4.58. The number of ketones is 1. The molecule has 1 atom stereocenters. The largest absolute Gasteiger partial charge is 0.339 e. The Kier molecular flexibility index (Phi) is 5.45. The van der Waals surface area contributed by atoms with Gasteiger partial charge in [-0.05, 0) is 49.6 Å². The number of rotatable bonds is 6. The van der Waals surface area contributed by atoms with Gasteiger partial charge < -0.3 is 9.47 Å². The lowest BCUT2D eigenvalue weighted by Gasteiger charge is -2.36. The monoisotopic (exact) mass is 345 g/mol. The fourth-order valence-electron chi connectivity index (χ4n) is 3.28. The van der Waals surface area contributed by atoms with E-state index >= 15 is 0 Å². The summed E-state index contributed by atoms with van der Waals surface area (Å²) in [6.45, 7) is 3.30. The second-order valence-electron chi connectivity index (χ2n) is 6.38. The number of hydrogen-bond acceptors (Lipinski definition) is 4. The van der Waals surface area contributed by atoms with Gasteiger partial charge in [-0.2, -0.15) is 0 Å². The third kappa shape index (κ3) is 4.12. The number of carbonyl (C=O) groups excluding carboxylic acids is 2. The fraction of sp³-hybridized carbons (Fsp3) is 0.500. The van der Waals surface area contributed by atoms with Crippen molar-refractivity contribution in [2.45, 2.75) is 51.6 Å². The Morgan fingerprint density at radius 3 is 2.96 bits per heavy atom. The lowest BCUT2D eigenvalue weighted by molar-refractivity contribution is -0.134. The highest BCUT2D eigenvalue weighted by Gasteiger charge is 2.26. The minimum Gasteiger partial charge on any atom is -0.339 e. The zero-order valence-corrected chi connectivity index (χ0v) is 14.8. The zero-order valence-electron chi connectivity index (χ0n) is 14.0. The molecule has 5 nitrogen and oxygen atoms in total. The molecule has 1 aliphatic rings. The molecule has 0 unspecified atom stereocenters. The van der Waals surface area contributed by atoms with Gasteiger partial charge in [-0.15, -0.1) is 11.3 Å². The van der Waals surface area contributed by atoms with E-state index in [1.165, 1.54) is 17.8 Å². The Labute approximate surface area is 146 Å². The number of piperidine rings is 1. The smallest absolute Gasteiger partial charge is 0.227 e. The van der Waals surface area contributed by atoms with E-state index in [1.54, 1.807) is 13.1 Å². The highest BCUT2D eigenvalue weighted by atomic mass is 32.1. The standard InChI is InChI=1S/C18H23N3O2S/c1-14(22)17-10-15(12-24-17)11-18(23)21-7-3-2-4-16(21)5-8-20-9-6-19-13-20/h6,9-10,12-13,16H,2-5,7-8,11H2,1H3/t16-/m1/s1. The van der Waals surface area contributed by atoms with Gasteiger partial charge in [-0.25, -0.2) is 4.98 Å². The van der Waals surface area contributed by atoms with Gasteiger partial charge >= 0.3 is 0 Å². The van der Waals surface area contributed by atoms with Gasteiger partial charge in [-0.3, -0.25) is 9.59 Å². The van der Waals surface area contributed by atoms with Crippen molar-refractivity contribution in [3.8, 4) is 0 Å². The van der Waals surface area contributed by atoms with Crippen LogP contribution in [-0.2, 0) is 17.8 Å². The van der Waals surface area contributed by atoms with Crippen molar-refractivity contribution < 1.29 is 9.59 Å². The Morgan fingerprint density at radius 2 is 2.25 bits per heavy atom. The Hall–Kier alpha value is -1.95. The number of aryl methyl sites for hydroxylation is 1. The van der Waals surface area contributed by atoms with Crippen LogP contribution in [-0.4, -0.2) is 38.7 Å². The van der Waals surface area contributed by atoms with E-state index in [2.05, 4.69) is 9.55 Å². The summed E-state index contributed by atoms with van der Waals surface area (Å²) in [6.07, 6.45) is 10.3. The minimum atomic E-state index is 0.0647. The highest BCUT2D eigenvalue weighted by molar-refractivity contribution is 7.12. The van der Waals surface area contributed by atoms with E-state index in [0.717, 1.165) is 42.8 Å². The first-order valence-corrected chi connectivity index (χ1v) is 9.35. The molecule has 0 aromatic carbocycles. The zero-order chi connectivity index (χ0) is 16.9. The first kappa shape index (κ1) is 16.9. The van der Waals surface area contributed by atoms with Crippen molar-refractivity contribution in [3.63, 3.8) is 0 Å². The van der Waals surface area contributed by atoms with Gasteiger partial charge in [0.1, 0.15) is 0 Å². The molecule has 0 bridgehead atoms. The molecule has 3 rings (SSSR count). The number of carbonyl (C=O) groups is 2. The maximum Gasteiger partial charge on any atom is 0.227 e. The molecule has 2 aromatic rings. The minimum absolute atomic E-state index is 0.0647. The van der Waals surface area contributed by atoms with Crippen molar-refractivity contribution >= 4 is 23.0 Å². The third-order valence-corrected chi connectivity index (χ3v) is 5.66. The summed E-state index contributed by atoms with van der Waals surface area (Å²) in [7, 11) is 0. The molecular formula is C18H23N3O2S. The summed E-state index contributed by atoms with van der Waals surface area (Å²) < 4.78 is 2.06. The fourth-order valence-corrected chi connectivity index (χ4v) is 4.09. The number of amides is 1. The van der Waals surface area contributed by atoms with Gasteiger partial charge in [-0.1, -0.05) is 0 Å². The van der Waals surface area contributed by atoms with Gasteiger partial charge in [0.2, 0.25) is 5.91 Å². The second kappa shape index (κ2) is 7.75. The number of likely N-dealkylation sites (tertiary alicyclic amines) is 1. The molecule has 6 heteroatoms. The summed E-state index contributed by atoms with van der Waals surface area (Å²) in [5.74, 6) is 0.244. The molecule has 1 fully saturated rings. The van der Waals surface area contributed by atoms with Crippen LogP contribution in [0.15, 0.2) is 30.2 Å². The van der Waals surface area contributed by atoms with Crippen molar-refractivity contribution in [1.82, 2.24) is 14.5 Å². The van der Waals surface area contributed by atoms with Crippen LogP contribution >= 0.6 is 11.3 Å². The quantitative estimate of drug-likeness (QED) is 0.756. The second-order valence-corrected chi connectivity index (χ2v) is 7.29. The van der Waals surface area contributed by atoms with Crippen LogP contribution in [0.1, 0.15) is 47.8 Å². The van der Waals surface area contributed by atoms with Crippen LogP contribution in [0.5, 0.6) is 0 Å². The number of hydrogen-bond donors (Lipinski definition) is 0. The average molecular weight is 345 g/mol. The normalized spacial score (nSPS) is 17.9. The van der Waals surface area contributed by atoms with Crippen molar-refractivity contribution in [3.05, 3.63) is 40.6 Å². The SMILES string of the molecule is CC(=O)c1cc(CC(=O)N2CCCC[C@@H]2CCn2ccnc2)cs1.